The Kier molecular flexibility index (Phi) is 5.67. The summed E-state index contributed by atoms with van der Waals surface area (Å²) in [6.45, 7) is 0.342. The van der Waals surface area contributed by atoms with Crippen LogP contribution in [-0.4, -0.2) is 34.2 Å². The van der Waals surface area contributed by atoms with Crippen molar-refractivity contribution in [3.05, 3.63) is 69.6 Å². The summed E-state index contributed by atoms with van der Waals surface area (Å²) in [6, 6.07) is 12.1. The van der Waals surface area contributed by atoms with Crippen LogP contribution in [0.15, 0.2) is 46.9 Å². The molecule has 0 atom stereocenters. The van der Waals surface area contributed by atoms with Gasteiger partial charge in [0.15, 0.2) is 0 Å². The number of nitrogens with zero attached hydrogens (tertiary/aromatic N) is 3. The van der Waals surface area contributed by atoms with Gasteiger partial charge in [-0.05, 0) is 49.2 Å². The van der Waals surface area contributed by atoms with Crippen molar-refractivity contribution < 1.29 is 18.3 Å². The number of fused-ring (bicyclic) bond motifs is 1. The standard InChI is InChI=1S/C23H19ClFN3O3S/c1-30-12-16-20-17(25)3-2-4-18(20)32-21(16)23(29)28(15-9-10-15)11-19-26-27-22(31-19)13-5-7-14(24)8-6-13/h2-8,15H,9-12H2,1H3. The maximum atomic E-state index is 14.5. The first-order valence-corrected chi connectivity index (χ1v) is 11.3. The molecule has 164 valence electrons. The molecule has 1 aliphatic rings. The molecule has 1 aliphatic carbocycles. The summed E-state index contributed by atoms with van der Waals surface area (Å²) in [6.07, 6.45) is 1.81. The Morgan fingerprint density at radius 1 is 1.25 bits per heavy atom. The number of methoxy groups -OCH3 is 1. The Bertz CT molecular complexity index is 1280. The summed E-state index contributed by atoms with van der Waals surface area (Å²) in [5, 5.41) is 9.30. The van der Waals surface area contributed by atoms with Crippen LogP contribution in [-0.2, 0) is 17.9 Å². The van der Waals surface area contributed by atoms with Crippen LogP contribution in [0.2, 0.25) is 5.02 Å². The van der Waals surface area contributed by atoms with Crippen LogP contribution in [0.1, 0.15) is 34.0 Å². The fourth-order valence-electron chi connectivity index (χ4n) is 3.68. The highest BCUT2D eigenvalue weighted by Crippen LogP contribution is 2.37. The summed E-state index contributed by atoms with van der Waals surface area (Å²) < 4.78 is 26.4. The summed E-state index contributed by atoms with van der Waals surface area (Å²) in [4.78, 5) is 15.8. The van der Waals surface area contributed by atoms with Crippen LogP contribution in [0.4, 0.5) is 4.39 Å². The number of carbonyl (C=O) groups is 1. The van der Waals surface area contributed by atoms with Gasteiger partial charge in [0.1, 0.15) is 5.82 Å². The van der Waals surface area contributed by atoms with Crippen molar-refractivity contribution in [2.45, 2.75) is 32.0 Å². The summed E-state index contributed by atoms with van der Waals surface area (Å²) >= 11 is 7.22. The molecule has 0 aliphatic heterocycles. The monoisotopic (exact) mass is 471 g/mol. The van der Waals surface area contributed by atoms with E-state index in [0.29, 0.717) is 32.6 Å². The zero-order valence-corrected chi connectivity index (χ0v) is 18.8. The minimum absolute atomic E-state index is 0.0961. The fraction of sp³-hybridized carbons (Fsp3) is 0.261. The average molecular weight is 472 g/mol. The first-order chi connectivity index (χ1) is 15.5. The Hall–Kier alpha value is -2.81. The quantitative estimate of drug-likeness (QED) is 0.346. The van der Waals surface area contributed by atoms with Gasteiger partial charge in [-0.25, -0.2) is 4.39 Å². The summed E-state index contributed by atoms with van der Waals surface area (Å²) in [5.41, 5.74) is 1.33. The van der Waals surface area contributed by atoms with Gasteiger partial charge < -0.3 is 14.1 Å². The lowest BCUT2D eigenvalue weighted by Gasteiger charge is -2.20. The van der Waals surface area contributed by atoms with Crippen LogP contribution in [0.25, 0.3) is 21.5 Å². The lowest BCUT2D eigenvalue weighted by molar-refractivity contribution is 0.0715. The maximum Gasteiger partial charge on any atom is 0.265 e. The maximum absolute atomic E-state index is 14.5. The zero-order chi connectivity index (χ0) is 22.2. The first kappa shape index (κ1) is 21.1. The lowest BCUT2D eigenvalue weighted by atomic mass is 10.1. The van der Waals surface area contributed by atoms with Gasteiger partial charge in [-0.3, -0.25) is 4.79 Å². The van der Waals surface area contributed by atoms with Crippen molar-refractivity contribution in [3.8, 4) is 11.5 Å². The third kappa shape index (κ3) is 4.01. The van der Waals surface area contributed by atoms with E-state index in [1.54, 1.807) is 35.2 Å². The predicted molar refractivity (Wildman–Crippen MR) is 120 cm³/mol. The lowest BCUT2D eigenvalue weighted by Crippen LogP contribution is -2.32. The predicted octanol–water partition coefficient (Wildman–Crippen LogP) is 5.70. The van der Waals surface area contributed by atoms with Crippen molar-refractivity contribution in [2.75, 3.05) is 7.11 Å². The van der Waals surface area contributed by atoms with Crippen LogP contribution in [0, 0.1) is 5.82 Å². The third-order valence-corrected chi connectivity index (χ3v) is 6.80. The minimum atomic E-state index is -0.354. The van der Waals surface area contributed by atoms with E-state index in [2.05, 4.69) is 10.2 Å². The number of carbonyl (C=O) groups excluding carboxylic acids is 1. The summed E-state index contributed by atoms with van der Waals surface area (Å²) in [5.74, 6) is 0.179. The molecule has 6 nitrogen and oxygen atoms in total. The van der Waals surface area contributed by atoms with Crippen LogP contribution in [0.3, 0.4) is 0 Å². The average Bonchev–Trinajstić information content (AvgIpc) is 3.40. The molecule has 2 aromatic carbocycles. The first-order valence-electron chi connectivity index (χ1n) is 10.1. The van der Waals surface area contributed by atoms with E-state index >= 15 is 0 Å². The van der Waals surface area contributed by atoms with Gasteiger partial charge in [-0.1, -0.05) is 17.7 Å². The molecule has 0 bridgehead atoms. The Labute approximate surface area is 192 Å². The van der Waals surface area contributed by atoms with Crippen LogP contribution in [0.5, 0.6) is 0 Å². The van der Waals surface area contributed by atoms with Gasteiger partial charge in [0.2, 0.25) is 11.8 Å². The van der Waals surface area contributed by atoms with Crippen molar-refractivity contribution in [2.24, 2.45) is 0 Å². The van der Waals surface area contributed by atoms with E-state index in [4.69, 9.17) is 20.8 Å². The second-order valence-corrected chi connectivity index (χ2v) is 9.12. The van der Waals surface area contributed by atoms with Gasteiger partial charge >= 0.3 is 0 Å². The molecule has 1 saturated carbocycles. The number of hydrogen-bond donors (Lipinski definition) is 0. The fourth-order valence-corrected chi connectivity index (χ4v) is 4.98. The molecule has 0 unspecified atom stereocenters. The molecule has 0 spiro atoms. The minimum Gasteiger partial charge on any atom is -0.419 e. The second-order valence-electron chi connectivity index (χ2n) is 7.63. The number of thiophene rings is 1. The number of amides is 1. The SMILES string of the molecule is COCc1c(C(=O)N(Cc2nnc(-c3ccc(Cl)cc3)o2)C2CC2)sc2cccc(F)c12. The van der Waals surface area contributed by atoms with E-state index in [9.17, 15) is 9.18 Å². The number of hydrogen-bond acceptors (Lipinski definition) is 6. The van der Waals surface area contributed by atoms with Gasteiger partial charge in [0.05, 0.1) is 18.0 Å². The molecule has 0 N–H and O–H groups in total. The number of ether oxygens (including phenoxy) is 1. The molecular formula is C23H19ClFN3O3S. The normalized spacial score (nSPS) is 13.6. The van der Waals surface area contributed by atoms with Gasteiger partial charge in [-0.2, -0.15) is 0 Å². The molecule has 2 heterocycles. The molecule has 0 radical (unpaired) electrons. The highest BCUT2D eigenvalue weighted by Gasteiger charge is 2.36. The molecule has 5 rings (SSSR count). The highest BCUT2D eigenvalue weighted by atomic mass is 35.5. The smallest absolute Gasteiger partial charge is 0.265 e. The van der Waals surface area contributed by atoms with Crippen LogP contribution >= 0.6 is 22.9 Å². The molecule has 0 saturated heterocycles. The molecule has 1 fully saturated rings. The number of rotatable bonds is 7. The van der Waals surface area contributed by atoms with Crippen molar-refractivity contribution in [1.82, 2.24) is 15.1 Å². The molecule has 9 heteroatoms. The zero-order valence-electron chi connectivity index (χ0n) is 17.2. The van der Waals surface area contributed by atoms with E-state index in [-0.39, 0.29) is 30.9 Å². The molecule has 1 amide bonds. The van der Waals surface area contributed by atoms with Crippen molar-refractivity contribution in [1.29, 1.82) is 0 Å². The second kappa shape index (κ2) is 8.61. The van der Waals surface area contributed by atoms with Gasteiger partial charge in [-0.15, -0.1) is 21.5 Å². The Balaban J connectivity index is 1.45. The van der Waals surface area contributed by atoms with Gasteiger partial charge in [0, 0.05) is 39.4 Å². The van der Waals surface area contributed by atoms with Crippen molar-refractivity contribution in [3.63, 3.8) is 0 Å². The van der Waals surface area contributed by atoms with E-state index < -0.39 is 0 Å². The van der Waals surface area contributed by atoms with Crippen LogP contribution < -0.4 is 0 Å². The van der Waals surface area contributed by atoms with E-state index in [1.807, 2.05) is 6.07 Å². The number of benzene rings is 2. The number of aromatic nitrogens is 2. The van der Waals surface area contributed by atoms with E-state index in [0.717, 1.165) is 23.1 Å². The molecule has 32 heavy (non-hydrogen) atoms. The van der Waals surface area contributed by atoms with Crippen molar-refractivity contribution >= 4 is 38.9 Å². The van der Waals surface area contributed by atoms with E-state index in [1.165, 1.54) is 24.5 Å². The summed E-state index contributed by atoms with van der Waals surface area (Å²) in [7, 11) is 1.54. The highest BCUT2D eigenvalue weighted by molar-refractivity contribution is 7.21. The molecule has 2 aromatic heterocycles. The molecule has 4 aromatic rings. The Morgan fingerprint density at radius 3 is 2.75 bits per heavy atom. The largest absolute Gasteiger partial charge is 0.419 e. The number of halogens is 2. The topological polar surface area (TPSA) is 68.5 Å². The molecular weight excluding hydrogens is 453 g/mol. The Morgan fingerprint density at radius 2 is 2.03 bits per heavy atom. The third-order valence-electron chi connectivity index (χ3n) is 5.36. The van der Waals surface area contributed by atoms with Gasteiger partial charge in [0.25, 0.3) is 5.91 Å².